The average Bonchev–Trinajstić information content (AvgIpc) is 2.88. The molecule has 0 bridgehead atoms. The Balaban J connectivity index is 1.86. The average molecular weight is 337 g/mol. The predicted molar refractivity (Wildman–Crippen MR) is 88.5 cm³/mol. The van der Waals surface area contributed by atoms with Gasteiger partial charge in [0.1, 0.15) is 12.2 Å². The molecule has 1 amide bonds. The zero-order valence-electron chi connectivity index (χ0n) is 14.9. The van der Waals surface area contributed by atoms with Gasteiger partial charge >= 0.3 is 12.1 Å². The van der Waals surface area contributed by atoms with Gasteiger partial charge in [-0.05, 0) is 40.0 Å². The highest BCUT2D eigenvalue weighted by Crippen LogP contribution is 2.20. The highest BCUT2D eigenvalue weighted by molar-refractivity contribution is 5.72. The SMILES string of the molecule is Cn1cc(CC(=O)OC[C@@H]2CCCCN2C(=O)OC(C)(C)C)cn1. The summed E-state index contributed by atoms with van der Waals surface area (Å²) < 4.78 is 12.5. The fraction of sp³-hybridized carbons (Fsp3) is 0.706. The minimum absolute atomic E-state index is 0.119. The van der Waals surface area contributed by atoms with Crippen LogP contribution in [0.2, 0.25) is 0 Å². The molecule has 1 saturated heterocycles. The molecule has 0 spiro atoms. The van der Waals surface area contributed by atoms with Gasteiger partial charge in [0.15, 0.2) is 0 Å². The minimum Gasteiger partial charge on any atom is -0.463 e. The molecule has 2 heterocycles. The Morgan fingerprint density at radius 2 is 2.08 bits per heavy atom. The first-order valence-corrected chi connectivity index (χ1v) is 8.37. The predicted octanol–water partition coefficient (Wildman–Crippen LogP) is 2.30. The molecule has 7 nitrogen and oxygen atoms in total. The number of carbonyl (C=O) groups excluding carboxylic acids is 2. The maximum Gasteiger partial charge on any atom is 0.410 e. The van der Waals surface area contributed by atoms with Gasteiger partial charge in [-0.25, -0.2) is 4.79 Å². The van der Waals surface area contributed by atoms with E-state index in [4.69, 9.17) is 9.47 Å². The van der Waals surface area contributed by atoms with Crippen molar-refractivity contribution in [1.82, 2.24) is 14.7 Å². The molecular formula is C17H27N3O4. The molecule has 0 aromatic carbocycles. The normalized spacial score (nSPS) is 18.3. The zero-order valence-corrected chi connectivity index (χ0v) is 14.9. The fourth-order valence-electron chi connectivity index (χ4n) is 2.70. The van der Waals surface area contributed by atoms with E-state index in [1.165, 1.54) is 0 Å². The monoisotopic (exact) mass is 337 g/mol. The van der Waals surface area contributed by atoms with Crippen LogP contribution in [-0.2, 0) is 27.7 Å². The summed E-state index contributed by atoms with van der Waals surface area (Å²) in [5.41, 5.74) is 0.283. The molecule has 7 heteroatoms. The lowest BCUT2D eigenvalue weighted by Crippen LogP contribution is -2.48. The van der Waals surface area contributed by atoms with Crippen LogP contribution < -0.4 is 0 Å². The van der Waals surface area contributed by atoms with Crippen molar-refractivity contribution in [3.05, 3.63) is 18.0 Å². The van der Waals surface area contributed by atoms with Gasteiger partial charge in [0, 0.05) is 25.4 Å². The van der Waals surface area contributed by atoms with E-state index in [1.54, 1.807) is 29.0 Å². The molecule has 0 radical (unpaired) electrons. The topological polar surface area (TPSA) is 73.7 Å². The van der Waals surface area contributed by atoms with Crippen LogP contribution in [0.1, 0.15) is 45.6 Å². The van der Waals surface area contributed by atoms with Crippen LogP contribution in [0, 0.1) is 0 Å². The van der Waals surface area contributed by atoms with Crippen LogP contribution >= 0.6 is 0 Å². The Morgan fingerprint density at radius 3 is 2.71 bits per heavy atom. The number of nitrogens with zero attached hydrogens (tertiary/aromatic N) is 3. The van der Waals surface area contributed by atoms with Gasteiger partial charge in [0.05, 0.1) is 18.7 Å². The van der Waals surface area contributed by atoms with Crippen molar-refractivity contribution in [2.45, 2.75) is 58.1 Å². The second-order valence-corrected chi connectivity index (χ2v) is 7.21. The van der Waals surface area contributed by atoms with Gasteiger partial charge in [0.2, 0.25) is 0 Å². The lowest BCUT2D eigenvalue weighted by Gasteiger charge is -2.36. The maximum absolute atomic E-state index is 12.3. The third-order valence-corrected chi connectivity index (χ3v) is 3.80. The Kier molecular flexibility index (Phi) is 5.85. The van der Waals surface area contributed by atoms with Gasteiger partial charge < -0.3 is 14.4 Å². The number of likely N-dealkylation sites (tertiary alicyclic amines) is 1. The van der Waals surface area contributed by atoms with E-state index in [-0.39, 0.29) is 31.1 Å². The molecular weight excluding hydrogens is 310 g/mol. The first-order chi connectivity index (χ1) is 11.2. The van der Waals surface area contributed by atoms with E-state index in [1.807, 2.05) is 20.8 Å². The van der Waals surface area contributed by atoms with Gasteiger partial charge in [-0.2, -0.15) is 5.10 Å². The summed E-state index contributed by atoms with van der Waals surface area (Å²) in [4.78, 5) is 26.0. The Hall–Kier alpha value is -2.05. The summed E-state index contributed by atoms with van der Waals surface area (Å²) in [5, 5.41) is 4.03. The molecule has 0 unspecified atom stereocenters. The number of hydrogen-bond acceptors (Lipinski definition) is 5. The molecule has 24 heavy (non-hydrogen) atoms. The number of hydrogen-bond donors (Lipinski definition) is 0. The number of aromatic nitrogens is 2. The van der Waals surface area contributed by atoms with Gasteiger partial charge in [-0.1, -0.05) is 0 Å². The number of amides is 1. The standard InChI is InChI=1S/C17H27N3O4/c1-17(2,3)24-16(22)20-8-6-5-7-14(20)12-23-15(21)9-13-10-18-19(4)11-13/h10-11,14H,5-9,12H2,1-4H3/t14-/m0/s1. The summed E-state index contributed by atoms with van der Waals surface area (Å²) in [5.74, 6) is -0.308. The van der Waals surface area contributed by atoms with Gasteiger partial charge in [0.25, 0.3) is 0 Å². The molecule has 1 aromatic rings. The second-order valence-electron chi connectivity index (χ2n) is 7.21. The van der Waals surface area contributed by atoms with Crippen LogP contribution in [0.25, 0.3) is 0 Å². The van der Waals surface area contributed by atoms with Crippen LogP contribution in [0.4, 0.5) is 4.79 Å². The molecule has 1 aromatic heterocycles. The van der Waals surface area contributed by atoms with E-state index in [0.29, 0.717) is 6.54 Å². The second kappa shape index (κ2) is 7.68. The minimum atomic E-state index is -0.532. The maximum atomic E-state index is 12.3. The van der Waals surface area contributed by atoms with Crippen LogP contribution in [0.3, 0.4) is 0 Å². The van der Waals surface area contributed by atoms with E-state index in [9.17, 15) is 9.59 Å². The smallest absolute Gasteiger partial charge is 0.410 e. The quantitative estimate of drug-likeness (QED) is 0.788. The van der Waals surface area contributed by atoms with E-state index >= 15 is 0 Å². The fourth-order valence-corrected chi connectivity index (χ4v) is 2.70. The number of ether oxygens (including phenoxy) is 2. The highest BCUT2D eigenvalue weighted by atomic mass is 16.6. The van der Waals surface area contributed by atoms with E-state index in [0.717, 1.165) is 24.8 Å². The van der Waals surface area contributed by atoms with Crippen LogP contribution in [0.5, 0.6) is 0 Å². The van der Waals surface area contributed by atoms with E-state index in [2.05, 4.69) is 5.10 Å². The van der Waals surface area contributed by atoms with Gasteiger partial charge in [-0.15, -0.1) is 0 Å². The summed E-state index contributed by atoms with van der Waals surface area (Å²) >= 11 is 0. The molecule has 1 aliphatic rings. The summed E-state index contributed by atoms with van der Waals surface area (Å²) in [7, 11) is 1.80. The Morgan fingerprint density at radius 1 is 1.33 bits per heavy atom. The number of aryl methyl sites for hydroxylation is 1. The van der Waals surface area contributed by atoms with Crippen LogP contribution in [-0.4, -0.2) is 51.5 Å². The Labute approximate surface area is 142 Å². The summed E-state index contributed by atoms with van der Waals surface area (Å²) in [6, 6.07) is -0.119. The Bertz CT molecular complexity index is 577. The molecule has 2 rings (SSSR count). The van der Waals surface area contributed by atoms with Crippen molar-refractivity contribution >= 4 is 12.1 Å². The molecule has 1 atom stereocenters. The van der Waals surface area contributed by atoms with Crippen molar-refractivity contribution in [2.24, 2.45) is 7.05 Å². The number of piperidine rings is 1. The van der Waals surface area contributed by atoms with Crippen molar-refractivity contribution < 1.29 is 19.1 Å². The molecule has 0 N–H and O–H groups in total. The third-order valence-electron chi connectivity index (χ3n) is 3.80. The van der Waals surface area contributed by atoms with Crippen molar-refractivity contribution in [1.29, 1.82) is 0 Å². The lowest BCUT2D eigenvalue weighted by atomic mass is 10.0. The summed E-state index contributed by atoms with van der Waals surface area (Å²) in [6.45, 7) is 6.38. The molecule has 0 saturated carbocycles. The number of rotatable bonds is 4. The largest absolute Gasteiger partial charge is 0.463 e. The summed E-state index contributed by atoms with van der Waals surface area (Å²) in [6.07, 6.45) is 6.06. The van der Waals surface area contributed by atoms with Crippen molar-refractivity contribution in [3.8, 4) is 0 Å². The van der Waals surface area contributed by atoms with Crippen molar-refractivity contribution in [3.63, 3.8) is 0 Å². The molecule has 134 valence electrons. The van der Waals surface area contributed by atoms with E-state index < -0.39 is 5.60 Å². The van der Waals surface area contributed by atoms with Crippen LogP contribution in [0.15, 0.2) is 12.4 Å². The molecule has 1 aliphatic heterocycles. The van der Waals surface area contributed by atoms with Gasteiger partial charge in [-0.3, -0.25) is 9.48 Å². The zero-order chi connectivity index (χ0) is 17.7. The highest BCUT2D eigenvalue weighted by Gasteiger charge is 2.31. The lowest BCUT2D eigenvalue weighted by molar-refractivity contribution is -0.145. The first-order valence-electron chi connectivity index (χ1n) is 8.37. The number of esters is 1. The first kappa shape index (κ1) is 18.3. The third kappa shape index (κ3) is 5.54. The number of carbonyl (C=O) groups is 2. The molecule has 1 fully saturated rings. The van der Waals surface area contributed by atoms with Crippen molar-refractivity contribution in [2.75, 3.05) is 13.2 Å². The molecule has 0 aliphatic carbocycles.